The molecule has 0 unspecified atom stereocenters. The first-order chi connectivity index (χ1) is 13.9. The van der Waals surface area contributed by atoms with Crippen LogP contribution in [0, 0.1) is 5.82 Å². The Morgan fingerprint density at radius 1 is 1.14 bits per heavy atom. The average Bonchev–Trinajstić information content (AvgIpc) is 3.21. The Hall–Kier alpha value is -2.81. The summed E-state index contributed by atoms with van der Waals surface area (Å²) in [5, 5.41) is 3.37. The highest BCUT2D eigenvalue weighted by molar-refractivity contribution is 5.52. The molecule has 152 valence electrons. The first-order valence-electron chi connectivity index (χ1n) is 9.23. The Balaban J connectivity index is 1.44. The average molecular weight is 406 g/mol. The van der Waals surface area contributed by atoms with Crippen molar-refractivity contribution >= 4 is 0 Å². The third kappa shape index (κ3) is 4.45. The number of likely N-dealkylation sites (tertiary alicyclic amines) is 1. The second kappa shape index (κ2) is 7.90. The molecule has 4 rings (SSSR count). The summed E-state index contributed by atoms with van der Waals surface area (Å²) in [6, 6.07) is 10.2. The number of alkyl halides is 3. The summed E-state index contributed by atoms with van der Waals surface area (Å²) in [4.78, 5) is 9.97. The molecule has 1 aromatic carbocycles. The van der Waals surface area contributed by atoms with Crippen molar-refractivity contribution in [3.63, 3.8) is 0 Å². The zero-order chi connectivity index (χ0) is 20.4. The Kier molecular flexibility index (Phi) is 5.31. The lowest BCUT2D eigenvalue weighted by atomic mass is 9.93. The van der Waals surface area contributed by atoms with Crippen LogP contribution in [0.15, 0.2) is 47.1 Å². The first-order valence-corrected chi connectivity index (χ1v) is 9.23. The fraction of sp³-hybridized carbons (Fsp3) is 0.350. The highest BCUT2D eigenvalue weighted by Gasteiger charge is 2.38. The third-order valence-corrected chi connectivity index (χ3v) is 4.99. The van der Waals surface area contributed by atoms with Crippen molar-refractivity contribution in [1.29, 1.82) is 0 Å². The van der Waals surface area contributed by atoms with Gasteiger partial charge in [0, 0.05) is 42.0 Å². The molecule has 1 aliphatic heterocycles. The van der Waals surface area contributed by atoms with Gasteiger partial charge in [-0.2, -0.15) is 18.2 Å². The van der Waals surface area contributed by atoms with E-state index in [2.05, 4.69) is 24.5 Å². The Morgan fingerprint density at radius 3 is 2.66 bits per heavy atom. The first kappa shape index (κ1) is 19.5. The summed E-state index contributed by atoms with van der Waals surface area (Å²) in [5.74, 6) is -1.58. The number of benzene rings is 1. The number of piperidine rings is 1. The lowest BCUT2D eigenvalue weighted by Crippen LogP contribution is -2.34. The quantitative estimate of drug-likeness (QED) is 0.590. The van der Waals surface area contributed by atoms with Gasteiger partial charge in [-0.25, -0.2) is 4.39 Å². The molecule has 3 aromatic rings. The Bertz CT molecular complexity index is 971. The smallest absolute Gasteiger partial charge is 0.329 e. The van der Waals surface area contributed by atoms with E-state index < -0.39 is 12.1 Å². The minimum atomic E-state index is -4.68. The van der Waals surface area contributed by atoms with Crippen LogP contribution in [0.1, 0.15) is 35.9 Å². The monoisotopic (exact) mass is 406 g/mol. The molecule has 0 spiro atoms. The molecule has 3 heterocycles. The minimum Gasteiger partial charge on any atom is -0.329 e. The summed E-state index contributed by atoms with van der Waals surface area (Å²) in [6.45, 7) is 2.15. The minimum absolute atomic E-state index is 0.152. The zero-order valence-electron chi connectivity index (χ0n) is 15.4. The van der Waals surface area contributed by atoms with E-state index in [4.69, 9.17) is 0 Å². The molecule has 0 saturated carbocycles. The molecule has 0 bridgehead atoms. The number of hydrogen-bond donors (Lipinski definition) is 0. The van der Waals surface area contributed by atoms with Gasteiger partial charge in [-0.3, -0.25) is 9.88 Å². The van der Waals surface area contributed by atoms with Crippen LogP contribution in [-0.2, 0) is 12.7 Å². The number of nitrogens with zero attached hydrogens (tertiary/aromatic N) is 4. The van der Waals surface area contributed by atoms with Gasteiger partial charge in [-0.1, -0.05) is 23.4 Å². The predicted octanol–water partition coefficient (Wildman–Crippen LogP) is 4.67. The van der Waals surface area contributed by atoms with Crippen molar-refractivity contribution in [2.75, 3.05) is 13.1 Å². The summed E-state index contributed by atoms with van der Waals surface area (Å²) >= 11 is 0. The van der Waals surface area contributed by atoms with E-state index in [1.165, 1.54) is 12.3 Å². The number of aromatic nitrogens is 3. The molecular weight excluding hydrogens is 388 g/mol. The highest BCUT2D eigenvalue weighted by Crippen LogP contribution is 2.30. The molecule has 1 aliphatic rings. The molecular formula is C20H18F4N4O. The molecule has 1 fully saturated rings. The van der Waals surface area contributed by atoms with Crippen LogP contribution in [0.3, 0.4) is 0 Å². The van der Waals surface area contributed by atoms with Crippen molar-refractivity contribution < 1.29 is 22.1 Å². The van der Waals surface area contributed by atoms with Gasteiger partial charge in [0.2, 0.25) is 5.82 Å². The molecule has 0 radical (unpaired) electrons. The number of rotatable bonds is 4. The van der Waals surface area contributed by atoms with E-state index in [1.807, 2.05) is 6.07 Å². The van der Waals surface area contributed by atoms with Crippen LogP contribution >= 0.6 is 0 Å². The topological polar surface area (TPSA) is 55.1 Å². The maximum Gasteiger partial charge on any atom is 0.471 e. The number of pyridine rings is 1. The fourth-order valence-corrected chi connectivity index (χ4v) is 3.54. The van der Waals surface area contributed by atoms with E-state index in [0.29, 0.717) is 17.7 Å². The normalized spacial score (nSPS) is 18.1. The maximum atomic E-state index is 13.9. The fourth-order valence-electron chi connectivity index (χ4n) is 3.54. The molecule has 5 nitrogen and oxygen atoms in total. The largest absolute Gasteiger partial charge is 0.471 e. The highest BCUT2D eigenvalue weighted by atomic mass is 19.4. The SMILES string of the molecule is Fc1ccccc1CN1CCC[C@@H](c2ccc(-c3noc(C(F)(F)F)n3)cn2)C1. The van der Waals surface area contributed by atoms with Crippen LogP contribution in [-0.4, -0.2) is 33.1 Å². The van der Waals surface area contributed by atoms with Crippen molar-refractivity contribution in [2.45, 2.75) is 31.5 Å². The van der Waals surface area contributed by atoms with Crippen LogP contribution < -0.4 is 0 Å². The summed E-state index contributed by atoms with van der Waals surface area (Å²) in [6.07, 6.45) is -1.32. The maximum absolute atomic E-state index is 13.9. The van der Waals surface area contributed by atoms with Gasteiger partial charge in [-0.15, -0.1) is 0 Å². The van der Waals surface area contributed by atoms with E-state index in [1.54, 1.807) is 24.3 Å². The van der Waals surface area contributed by atoms with E-state index in [0.717, 1.165) is 31.6 Å². The second-order valence-electron chi connectivity index (χ2n) is 7.06. The van der Waals surface area contributed by atoms with E-state index >= 15 is 0 Å². The molecule has 1 saturated heterocycles. The standard InChI is InChI=1S/C20H18F4N4O/c21-16-6-2-1-4-14(16)11-28-9-3-5-15(12-28)17-8-7-13(10-25-17)18-26-19(29-27-18)20(22,23)24/h1-2,4,6-8,10,15H,3,5,9,11-12H2/t15-/m1/s1. The molecule has 0 aliphatic carbocycles. The lowest BCUT2D eigenvalue weighted by molar-refractivity contribution is -0.159. The summed E-state index contributed by atoms with van der Waals surface area (Å²) in [7, 11) is 0. The Labute approximate surface area is 164 Å². The lowest BCUT2D eigenvalue weighted by Gasteiger charge is -2.32. The second-order valence-corrected chi connectivity index (χ2v) is 7.06. The van der Waals surface area contributed by atoms with Gasteiger partial charge in [0.15, 0.2) is 0 Å². The van der Waals surface area contributed by atoms with Gasteiger partial charge in [-0.05, 0) is 37.6 Å². The van der Waals surface area contributed by atoms with Gasteiger partial charge >= 0.3 is 12.1 Å². The number of halogens is 4. The third-order valence-electron chi connectivity index (χ3n) is 4.99. The van der Waals surface area contributed by atoms with E-state index in [9.17, 15) is 17.6 Å². The van der Waals surface area contributed by atoms with Gasteiger partial charge in [0.1, 0.15) is 5.82 Å². The van der Waals surface area contributed by atoms with Crippen molar-refractivity contribution in [1.82, 2.24) is 20.0 Å². The van der Waals surface area contributed by atoms with E-state index in [-0.39, 0.29) is 17.6 Å². The van der Waals surface area contributed by atoms with Crippen LogP contribution in [0.5, 0.6) is 0 Å². The Morgan fingerprint density at radius 2 is 1.97 bits per heavy atom. The molecule has 0 N–H and O–H groups in total. The summed E-state index contributed by atoms with van der Waals surface area (Å²) < 4.78 is 56.0. The van der Waals surface area contributed by atoms with Crippen molar-refractivity contribution in [3.05, 3.63) is 65.6 Å². The van der Waals surface area contributed by atoms with Gasteiger partial charge in [0.05, 0.1) is 0 Å². The molecule has 2 aromatic heterocycles. The molecule has 1 atom stereocenters. The van der Waals surface area contributed by atoms with Crippen molar-refractivity contribution in [3.8, 4) is 11.4 Å². The molecule has 0 amide bonds. The number of hydrogen-bond acceptors (Lipinski definition) is 5. The molecule has 29 heavy (non-hydrogen) atoms. The zero-order valence-corrected chi connectivity index (χ0v) is 15.4. The summed E-state index contributed by atoms with van der Waals surface area (Å²) in [5.41, 5.74) is 1.85. The van der Waals surface area contributed by atoms with Gasteiger partial charge < -0.3 is 4.52 Å². The predicted molar refractivity (Wildman–Crippen MR) is 96.2 cm³/mol. The van der Waals surface area contributed by atoms with Crippen LogP contribution in [0.25, 0.3) is 11.4 Å². The van der Waals surface area contributed by atoms with Gasteiger partial charge in [0.25, 0.3) is 0 Å². The van der Waals surface area contributed by atoms with Crippen molar-refractivity contribution in [2.24, 2.45) is 0 Å². The van der Waals surface area contributed by atoms with Crippen LogP contribution in [0.4, 0.5) is 17.6 Å². The molecule has 9 heteroatoms. The van der Waals surface area contributed by atoms with Crippen LogP contribution in [0.2, 0.25) is 0 Å².